The van der Waals surface area contributed by atoms with E-state index in [4.69, 9.17) is 0 Å². The van der Waals surface area contributed by atoms with Crippen molar-refractivity contribution in [2.75, 3.05) is 26.2 Å². The molecule has 2 aliphatic rings. The largest absolute Gasteiger partial charge is 0.341 e. The van der Waals surface area contributed by atoms with E-state index < -0.39 is 6.03 Å². The van der Waals surface area contributed by atoms with E-state index in [0.717, 1.165) is 32.1 Å². The molecule has 152 valence electrons. The predicted molar refractivity (Wildman–Crippen MR) is 101 cm³/mol. The number of nitrogens with one attached hydrogen (secondary N) is 2. The van der Waals surface area contributed by atoms with Crippen molar-refractivity contribution in [1.82, 2.24) is 20.4 Å². The van der Waals surface area contributed by atoms with Crippen LogP contribution in [0.4, 0.5) is 4.79 Å². The third-order valence-corrected chi connectivity index (χ3v) is 5.35. The number of hydrogen-bond donors (Lipinski definition) is 2. The van der Waals surface area contributed by atoms with E-state index in [-0.39, 0.29) is 35.9 Å². The number of amides is 4. The van der Waals surface area contributed by atoms with Crippen LogP contribution < -0.4 is 10.6 Å². The average molecular weight is 380 g/mol. The molecule has 8 nitrogen and oxygen atoms in total. The number of carbonyl (C=O) groups excluding carboxylic acids is 4. The predicted octanol–water partition coefficient (Wildman–Crippen LogP) is 0.903. The Balaban J connectivity index is 1.87. The van der Waals surface area contributed by atoms with Crippen molar-refractivity contribution in [2.45, 2.75) is 65.0 Å². The van der Waals surface area contributed by atoms with E-state index in [1.807, 2.05) is 25.7 Å². The summed E-state index contributed by atoms with van der Waals surface area (Å²) >= 11 is 0. The summed E-state index contributed by atoms with van der Waals surface area (Å²) < 4.78 is 0. The average Bonchev–Trinajstić information content (AvgIpc) is 3.09. The molecule has 2 fully saturated rings. The minimum atomic E-state index is -0.436. The second-order valence-electron chi connectivity index (χ2n) is 8.48. The van der Waals surface area contributed by atoms with Gasteiger partial charge in [0, 0.05) is 26.1 Å². The maximum atomic E-state index is 12.3. The van der Waals surface area contributed by atoms with E-state index in [1.165, 1.54) is 4.90 Å². The monoisotopic (exact) mass is 380 g/mol. The zero-order chi connectivity index (χ0) is 20.0. The van der Waals surface area contributed by atoms with Gasteiger partial charge in [-0.05, 0) is 31.1 Å². The van der Waals surface area contributed by atoms with Crippen LogP contribution in [0.2, 0.25) is 0 Å². The second-order valence-corrected chi connectivity index (χ2v) is 8.48. The van der Waals surface area contributed by atoms with Crippen LogP contribution in [0.5, 0.6) is 0 Å². The van der Waals surface area contributed by atoms with Crippen LogP contribution >= 0.6 is 0 Å². The lowest BCUT2D eigenvalue weighted by atomic mass is 9.86. The molecule has 0 radical (unpaired) electrons. The zero-order valence-corrected chi connectivity index (χ0v) is 16.6. The molecule has 4 amide bonds. The lowest BCUT2D eigenvalue weighted by Gasteiger charge is -2.37. The van der Waals surface area contributed by atoms with Gasteiger partial charge in [0.2, 0.25) is 11.8 Å². The minimum Gasteiger partial charge on any atom is -0.341 e. The topological polar surface area (TPSA) is 98.8 Å². The molecule has 2 rings (SSSR count). The molecular weight excluding hydrogens is 348 g/mol. The van der Waals surface area contributed by atoms with Gasteiger partial charge in [-0.1, -0.05) is 20.8 Å². The molecule has 2 aliphatic heterocycles. The van der Waals surface area contributed by atoms with E-state index >= 15 is 0 Å². The molecule has 0 spiro atoms. The molecule has 2 saturated heterocycles. The number of urea groups is 1. The number of likely N-dealkylation sites (tertiary alicyclic amines) is 2. The molecule has 0 aromatic heterocycles. The molecule has 0 saturated carbocycles. The first-order valence-electron chi connectivity index (χ1n) is 9.79. The van der Waals surface area contributed by atoms with Gasteiger partial charge in [0.1, 0.15) is 6.29 Å². The molecule has 0 aromatic rings. The van der Waals surface area contributed by atoms with Crippen molar-refractivity contribution in [3.8, 4) is 0 Å². The molecule has 0 aliphatic carbocycles. The lowest BCUT2D eigenvalue weighted by Crippen LogP contribution is -2.55. The van der Waals surface area contributed by atoms with Crippen LogP contribution in [0.25, 0.3) is 0 Å². The van der Waals surface area contributed by atoms with Crippen LogP contribution in [-0.4, -0.2) is 72.2 Å². The van der Waals surface area contributed by atoms with Gasteiger partial charge in [0.05, 0.1) is 18.6 Å². The Hall–Kier alpha value is -2.12. The van der Waals surface area contributed by atoms with Gasteiger partial charge in [0.15, 0.2) is 0 Å². The Morgan fingerprint density at radius 3 is 2.59 bits per heavy atom. The lowest BCUT2D eigenvalue weighted by molar-refractivity contribution is -0.134. The molecule has 2 N–H and O–H groups in total. The van der Waals surface area contributed by atoms with E-state index in [2.05, 4.69) is 10.6 Å². The first-order valence-corrected chi connectivity index (χ1v) is 9.79. The molecule has 8 heteroatoms. The highest BCUT2D eigenvalue weighted by atomic mass is 16.2. The maximum absolute atomic E-state index is 12.3. The van der Waals surface area contributed by atoms with Crippen molar-refractivity contribution in [1.29, 1.82) is 0 Å². The van der Waals surface area contributed by atoms with E-state index in [0.29, 0.717) is 25.9 Å². The fourth-order valence-corrected chi connectivity index (χ4v) is 3.52. The highest BCUT2D eigenvalue weighted by Gasteiger charge is 2.32. The van der Waals surface area contributed by atoms with Gasteiger partial charge in [-0.2, -0.15) is 0 Å². The first-order chi connectivity index (χ1) is 12.7. The van der Waals surface area contributed by atoms with Gasteiger partial charge < -0.3 is 25.2 Å². The van der Waals surface area contributed by atoms with Crippen LogP contribution in [-0.2, 0) is 14.4 Å². The molecule has 0 aromatic carbocycles. The summed E-state index contributed by atoms with van der Waals surface area (Å²) in [4.78, 5) is 51.0. The Bertz CT molecular complexity index is 573. The summed E-state index contributed by atoms with van der Waals surface area (Å²) in [6.07, 6.45) is 4.73. The normalized spacial score (nSPS) is 21.7. The standard InChI is InChI=1S/C19H32N4O4/c1-19(2,3)15(12-22-9-5-4-8-16(22)25)21-18(27)20-11-17(26)23-10-6-7-14(23)13-24/h13-15H,4-12H2,1-3H3,(H2,20,21,27)/t14-,15?/m0/s1. The number of piperidine rings is 1. The highest BCUT2D eigenvalue weighted by molar-refractivity contribution is 5.86. The number of rotatable bonds is 6. The summed E-state index contributed by atoms with van der Waals surface area (Å²) in [5.74, 6) is -0.125. The molecular formula is C19H32N4O4. The first kappa shape index (κ1) is 21.2. The number of carbonyl (C=O) groups is 4. The third kappa shape index (κ3) is 5.94. The summed E-state index contributed by atoms with van der Waals surface area (Å²) in [5.41, 5.74) is -0.239. The molecule has 2 heterocycles. The minimum absolute atomic E-state index is 0.127. The summed E-state index contributed by atoms with van der Waals surface area (Å²) in [6.45, 7) is 7.62. The Labute approximate surface area is 161 Å². The SMILES string of the molecule is CC(C)(C)C(CN1CCCCC1=O)NC(=O)NCC(=O)N1CCC[C@H]1C=O. The van der Waals surface area contributed by atoms with Crippen molar-refractivity contribution in [2.24, 2.45) is 5.41 Å². The molecule has 2 atom stereocenters. The number of aldehydes is 1. The Morgan fingerprint density at radius 2 is 1.96 bits per heavy atom. The quantitative estimate of drug-likeness (QED) is 0.669. The summed E-state index contributed by atoms with van der Waals surface area (Å²) in [6, 6.07) is -1.05. The fraction of sp³-hybridized carbons (Fsp3) is 0.789. The fourth-order valence-electron chi connectivity index (χ4n) is 3.52. The van der Waals surface area contributed by atoms with Gasteiger partial charge >= 0.3 is 6.03 Å². The number of hydrogen-bond acceptors (Lipinski definition) is 4. The van der Waals surface area contributed by atoms with Gasteiger partial charge in [0.25, 0.3) is 0 Å². The highest BCUT2D eigenvalue weighted by Crippen LogP contribution is 2.22. The second kappa shape index (κ2) is 9.19. The van der Waals surface area contributed by atoms with Gasteiger partial charge in [-0.25, -0.2) is 4.79 Å². The van der Waals surface area contributed by atoms with Crippen LogP contribution in [0.1, 0.15) is 52.9 Å². The van der Waals surface area contributed by atoms with Crippen molar-refractivity contribution in [3.63, 3.8) is 0 Å². The third-order valence-electron chi connectivity index (χ3n) is 5.35. The Kier molecular flexibility index (Phi) is 7.21. The molecule has 1 unspecified atom stereocenters. The van der Waals surface area contributed by atoms with Crippen LogP contribution in [0, 0.1) is 5.41 Å². The molecule has 0 bridgehead atoms. The maximum Gasteiger partial charge on any atom is 0.315 e. The smallest absolute Gasteiger partial charge is 0.315 e. The van der Waals surface area contributed by atoms with Crippen molar-refractivity contribution in [3.05, 3.63) is 0 Å². The van der Waals surface area contributed by atoms with Gasteiger partial charge in [-0.15, -0.1) is 0 Å². The summed E-state index contributed by atoms with van der Waals surface area (Å²) in [5, 5.41) is 5.51. The number of nitrogens with zero attached hydrogens (tertiary/aromatic N) is 2. The zero-order valence-electron chi connectivity index (χ0n) is 16.6. The van der Waals surface area contributed by atoms with E-state index in [9.17, 15) is 19.2 Å². The van der Waals surface area contributed by atoms with Crippen molar-refractivity contribution < 1.29 is 19.2 Å². The van der Waals surface area contributed by atoms with Crippen molar-refractivity contribution >= 4 is 24.1 Å². The molecule has 27 heavy (non-hydrogen) atoms. The van der Waals surface area contributed by atoms with Gasteiger partial charge in [-0.3, -0.25) is 9.59 Å². The van der Waals surface area contributed by atoms with Crippen LogP contribution in [0.15, 0.2) is 0 Å². The van der Waals surface area contributed by atoms with E-state index in [1.54, 1.807) is 0 Å². The van der Waals surface area contributed by atoms with Crippen LogP contribution in [0.3, 0.4) is 0 Å². The summed E-state index contributed by atoms with van der Waals surface area (Å²) in [7, 11) is 0. The Morgan fingerprint density at radius 1 is 1.22 bits per heavy atom.